The predicted octanol–water partition coefficient (Wildman–Crippen LogP) is 9.66. The monoisotopic (exact) mass is 628 g/mol. The van der Waals surface area contributed by atoms with Crippen LogP contribution in [0, 0.1) is 0 Å². The first-order valence-corrected chi connectivity index (χ1v) is 17.7. The van der Waals surface area contributed by atoms with E-state index in [4.69, 9.17) is 0 Å². The van der Waals surface area contributed by atoms with Crippen LogP contribution in [0.4, 0.5) is 22.7 Å². The first-order valence-electron chi connectivity index (χ1n) is 15.2. The highest BCUT2D eigenvalue weighted by molar-refractivity contribution is 7.63. The van der Waals surface area contributed by atoms with Crippen LogP contribution in [0.3, 0.4) is 0 Å². The number of fused-ring (bicyclic) bond motifs is 8. The summed E-state index contributed by atoms with van der Waals surface area (Å²) < 4.78 is 29.9. The fraction of sp³-hybridized carbons (Fsp3) is 0. The summed E-state index contributed by atoms with van der Waals surface area (Å²) in [7, 11) is -4.14. The summed E-state index contributed by atoms with van der Waals surface area (Å²) in [6.07, 6.45) is 0. The summed E-state index contributed by atoms with van der Waals surface area (Å²) in [6.45, 7) is 0. The van der Waals surface area contributed by atoms with Crippen LogP contribution in [0.25, 0.3) is 43.1 Å². The first-order chi connectivity index (χ1) is 22.6. The molecule has 0 aromatic heterocycles. The summed E-state index contributed by atoms with van der Waals surface area (Å²) in [5.74, 6) is 0. The van der Waals surface area contributed by atoms with E-state index in [1.807, 2.05) is 97.1 Å². The molecule has 0 amide bonds. The summed E-state index contributed by atoms with van der Waals surface area (Å²) in [4.78, 5) is 0. The SMILES string of the molecule is O=[P+]1c2cc3ccccc3cc2Nc2cc3ccccc3cc2[P+](=O)c2cc3ccccc3cc2Nc2cc3ccccc3cc21. The second kappa shape index (κ2) is 10.6. The van der Waals surface area contributed by atoms with E-state index in [2.05, 4.69) is 59.2 Å². The lowest BCUT2D eigenvalue weighted by Gasteiger charge is -2.15. The maximum atomic E-state index is 15.0. The van der Waals surface area contributed by atoms with Gasteiger partial charge >= 0.3 is 15.6 Å². The minimum absolute atomic E-state index is 0.695. The number of rotatable bonds is 0. The normalized spacial score (nSPS) is 14.3. The molecule has 0 atom stereocenters. The third-order valence-electron chi connectivity index (χ3n) is 8.87. The van der Waals surface area contributed by atoms with Gasteiger partial charge in [-0.05, 0) is 67.4 Å². The van der Waals surface area contributed by atoms with Gasteiger partial charge in [0.2, 0.25) is 21.2 Å². The van der Waals surface area contributed by atoms with E-state index in [0.29, 0.717) is 21.2 Å². The van der Waals surface area contributed by atoms with Crippen molar-refractivity contribution in [3.63, 3.8) is 0 Å². The Morgan fingerprint density at radius 3 is 0.717 bits per heavy atom. The first kappa shape index (κ1) is 27.0. The van der Waals surface area contributed by atoms with Gasteiger partial charge in [-0.3, -0.25) is 0 Å². The maximum absolute atomic E-state index is 15.0. The van der Waals surface area contributed by atoms with E-state index in [9.17, 15) is 9.13 Å². The van der Waals surface area contributed by atoms with Crippen LogP contribution in [0.5, 0.6) is 0 Å². The van der Waals surface area contributed by atoms with Gasteiger partial charge in [-0.15, -0.1) is 0 Å². The Labute approximate surface area is 267 Å². The van der Waals surface area contributed by atoms with Crippen molar-refractivity contribution in [1.82, 2.24) is 0 Å². The van der Waals surface area contributed by atoms with Crippen LogP contribution in [0.2, 0.25) is 0 Å². The fourth-order valence-electron chi connectivity index (χ4n) is 6.54. The molecule has 9 rings (SSSR count). The lowest BCUT2D eigenvalue weighted by Crippen LogP contribution is -2.20. The maximum Gasteiger partial charge on any atom is 0.419 e. The zero-order chi connectivity index (χ0) is 30.8. The van der Waals surface area contributed by atoms with E-state index in [1.54, 1.807) is 0 Å². The van der Waals surface area contributed by atoms with Gasteiger partial charge in [-0.25, -0.2) is 0 Å². The van der Waals surface area contributed by atoms with Crippen LogP contribution >= 0.6 is 15.6 Å². The average Bonchev–Trinajstić information content (AvgIpc) is 3.09. The Hall–Kier alpha value is -5.40. The van der Waals surface area contributed by atoms with Gasteiger partial charge in [0.15, 0.2) is 0 Å². The molecule has 0 fully saturated rings. The van der Waals surface area contributed by atoms with Crippen molar-refractivity contribution in [2.45, 2.75) is 0 Å². The zero-order valence-electron chi connectivity index (χ0n) is 24.6. The van der Waals surface area contributed by atoms with Crippen molar-refractivity contribution in [3.05, 3.63) is 146 Å². The molecule has 1 heterocycles. The van der Waals surface area contributed by atoms with E-state index in [0.717, 1.165) is 65.8 Å². The topological polar surface area (TPSA) is 58.2 Å². The molecule has 0 saturated carbocycles. The molecule has 6 heteroatoms. The number of benzene rings is 8. The fourth-order valence-corrected chi connectivity index (χ4v) is 9.44. The molecule has 0 radical (unpaired) electrons. The molecule has 2 N–H and O–H groups in total. The smallest absolute Gasteiger partial charge is 0.348 e. The minimum Gasteiger partial charge on any atom is -0.348 e. The Morgan fingerprint density at radius 2 is 0.500 bits per heavy atom. The van der Waals surface area contributed by atoms with Crippen molar-refractivity contribution in [2.75, 3.05) is 10.6 Å². The largest absolute Gasteiger partial charge is 0.419 e. The lowest BCUT2D eigenvalue weighted by molar-refractivity contribution is 0.597. The van der Waals surface area contributed by atoms with Crippen molar-refractivity contribution < 1.29 is 9.13 Å². The Balaban J connectivity index is 1.39. The summed E-state index contributed by atoms with van der Waals surface area (Å²) >= 11 is 0. The van der Waals surface area contributed by atoms with E-state index in [1.165, 1.54) is 0 Å². The highest BCUT2D eigenvalue weighted by Gasteiger charge is 2.37. The Bertz CT molecular complexity index is 2240. The third kappa shape index (κ3) is 4.46. The molecule has 1 aliphatic rings. The van der Waals surface area contributed by atoms with Gasteiger partial charge in [-0.1, -0.05) is 106 Å². The molecule has 4 nitrogen and oxygen atoms in total. The number of hydrogen-bond donors (Lipinski definition) is 2. The number of anilines is 4. The molecule has 0 saturated heterocycles. The van der Waals surface area contributed by atoms with Crippen molar-refractivity contribution >= 4 is 103 Å². The highest BCUT2D eigenvalue weighted by Crippen LogP contribution is 2.39. The number of nitrogens with one attached hydrogen (secondary N) is 2. The summed E-state index contributed by atoms with van der Waals surface area (Å²) in [5.41, 5.74) is 2.94. The van der Waals surface area contributed by atoms with Gasteiger partial charge in [0.1, 0.15) is 0 Å². The average molecular weight is 629 g/mol. The molecular formula is C40H26N2O2P2+2. The molecule has 8 aromatic rings. The molecule has 0 spiro atoms. The molecule has 8 aromatic carbocycles. The van der Waals surface area contributed by atoms with Crippen molar-refractivity contribution in [2.24, 2.45) is 0 Å². The third-order valence-corrected chi connectivity index (χ3v) is 12.1. The molecule has 0 unspecified atom stereocenters. The molecule has 0 bridgehead atoms. The standard InChI is InChI=1S/C40H26N2O2P2/c43-45-37-21-29-13-5-1-9-25(29)17-33(37)41-34-18-26-10-2-6-14-30(26)22-38(34)46(44)40-24-32-16-8-4-12-28(32)20-36(40)42-35-19-27-11-3-7-15-31(27)23-39(35)45/h1-24,41-42H/q+2. The van der Waals surface area contributed by atoms with E-state index >= 15 is 0 Å². The van der Waals surface area contributed by atoms with Gasteiger partial charge in [-0.2, -0.15) is 0 Å². The van der Waals surface area contributed by atoms with Gasteiger partial charge < -0.3 is 10.6 Å². The van der Waals surface area contributed by atoms with E-state index in [-0.39, 0.29) is 0 Å². The van der Waals surface area contributed by atoms with Crippen LogP contribution in [-0.4, -0.2) is 0 Å². The van der Waals surface area contributed by atoms with Crippen LogP contribution in [-0.2, 0) is 9.13 Å². The van der Waals surface area contributed by atoms with Crippen LogP contribution in [0.15, 0.2) is 146 Å². The second-order valence-corrected chi connectivity index (χ2v) is 14.8. The van der Waals surface area contributed by atoms with Crippen molar-refractivity contribution in [3.8, 4) is 0 Å². The summed E-state index contributed by atoms with van der Waals surface area (Å²) in [6, 6.07) is 48.9. The van der Waals surface area contributed by atoms with Crippen molar-refractivity contribution in [1.29, 1.82) is 0 Å². The Morgan fingerprint density at radius 1 is 0.304 bits per heavy atom. The van der Waals surface area contributed by atoms with Gasteiger partial charge in [0, 0.05) is 24.3 Å². The second-order valence-electron chi connectivity index (χ2n) is 11.7. The van der Waals surface area contributed by atoms with Crippen LogP contribution in [0.1, 0.15) is 0 Å². The van der Waals surface area contributed by atoms with Gasteiger partial charge in [0.05, 0.1) is 22.7 Å². The molecule has 216 valence electrons. The quantitative estimate of drug-likeness (QED) is 0.164. The molecule has 46 heavy (non-hydrogen) atoms. The zero-order valence-corrected chi connectivity index (χ0v) is 26.4. The Kier molecular flexibility index (Phi) is 6.21. The highest BCUT2D eigenvalue weighted by atomic mass is 31.1. The molecule has 1 aliphatic heterocycles. The molecular weight excluding hydrogens is 602 g/mol. The minimum atomic E-state index is -2.07. The van der Waals surface area contributed by atoms with E-state index < -0.39 is 15.6 Å². The predicted molar refractivity (Wildman–Crippen MR) is 196 cm³/mol. The molecule has 0 aliphatic carbocycles. The summed E-state index contributed by atoms with van der Waals surface area (Å²) in [5, 5.41) is 18.3. The number of hydrogen-bond acceptors (Lipinski definition) is 4. The van der Waals surface area contributed by atoms with Gasteiger partial charge in [0.25, 0.3) is 0 Å². The van der Waals surface area contributed by atoms with Crippen LogP contribution < -0.4 is 31.9 Å². The lowest BCUT2D eigenvalue weighted by atomic mass is 10.1.